The number of hydrogen-bond donors (Lipinski definition) is 2. The number of nitrogens with one attached hydrogen (secondary N) is 1. The number of benzene rings is 2. The fourth-order valence-corrected chi connectivity index (χ4v) is 4.33. The largest absolute Gasteiger partial charge is 0.504 e. The van der Waals surface area contributed by atoms with E-state index in [4.69, 9.17) is 31.2 Å². The zero-order chi connectivity index (χ0) is 24.2. The third kappa shape index (κ3) is 4.62. The molecule has 1 aliphatic heterocycles. The van der Waals surface area contributed by atoms with Crippen molar-refractivity contribution in [2.75, 3.05) is 27.4 Å². The fraction of sp³-hybridized carbons (Fsp3) is 0.320. The second-order valence-electron chi connectivity index (χ2n) is 7.93. The number of hydrogen-bond acceptors (Lipinski definition) is 7. The summed E-state index contributed by atoms with van der Waals surface area (Å²) in [6, 6.07) is 12.9. The van der Waals surface area contributed by atoms with Crippen molar-refractivity contribution in [2.24, 2.45) is 0 Å². The molecule has 0 bridgehead atoms. The molecule has 8 nitrogen and oxygen atoms in total. The molecule has 9 heteroatoms. The molecular formula is C25H28N4O4S. The van der Waals surface area contributed by atoms with Crippen LogP contribution >= 0.6 is 12.2 Å². The van der Waals surface area contributed by atoms with Gasteiger partial charge in [-0.05, 0) is 48.8 Å². The van der Waals surface area contributed by atoms with Crippen molar-refractivity contribution in [3.63, 3.8) is 0 Å². The molecule has 1 unspecified atom stereocenters. The Kier molecular flexibility index (Phi) is 7.14. The number of aromatic hydroxyl groups is 1. The molecule has 3 aromatic rings. The average Bonchev–Trinajstić information content (AvgIpc) is 3.33. The average molecular weight is 481 g/mol. The van der Waals surface area contributed by atoms with Gasteiger partial charge in [0.05, 0.1) is 25.3 Å². The second kappa shape index (κ2) is 10.2. The number of aryl methyl sites for hydroxylation is 1. The van der Waals surface area contributed by atoms with Gasteiger partial charge in [-0.25, -0.2) is 0 Å². The standard InChI is InChI=1S/C25H28N4O4S/c1-5-16-6-8-17(9-7-16)23-27-24(33-28-23)21-15(2)29(12-13-31-3)25(34)26-22(21)18-10-11-20(32-4)19(30)14-18/h6-11,14,22,30H,5,12-13H2,1-4H3,(H,26,34). The van der Waals surface area contributed by atoms with E-state index in [0.717, 1.165) is 28.8 Å². The zero-order valence-electron chi connectivity index (χ0n) is 19.7. The summed E-state index contributed by atoms with van der Waals surface area (Å²) in [5.41, 5.74) is 4.55. The maximum Gasteiger partial charge on any atom is 0.258 e. The van der Waals surface area contributed by atoms with Gasteiger partial charge >= 0.3 is 0 Å². The summed E-state index contributed by atoms with van der Waals surface area (Å²) in [5.74, 6) is 1.31. The first-order valence-corrected chi connectivity index (χ1v) is 11.5. The van der Waals surface area contributed by atoms with E-state index in [1.807, 2.05) is 30.0 Å². The van der Waals surface area contributed by atoms with Crippen molar-refractivity contribution >= 4 is 22.9 Å². The first-order valence-electron chi connectivity index (χ1n) is 11.0. The Bertz CT molecular complexity index is 1210. The van der Waals surface area contributed by atoms with Crippen LogP contribution in [0.5, 0.6) is 11.5 Å². The Labute approximate surface area is 204 Å². The number of phenolic OH excluding ortho intramolecular Hbond substituents is 1. The van der Waals surface area contributed by atoms with Crippen LogP contribution in [0, 0.1) is 0 Å². The molecule has 2 N–H and O–H groups in total. The molecule has 4 rings (SSSR count). The lowest BCUT2D eigenvalue weighted by Crippen LogP contribution is -2.47. The van der Waals surface area contributed by atoms with Gasteiger partial charge in [0.25, 0.3) is 5.89 Å². The molecule has 0 fully saturated rings. The van der Waals surface area contributed by atoms with Crippen molar-refractivity contribution in [3.8, 4) is 22.9 Å². The second-order valence-corrected chi connectivity index (χ2v) is 8.32. The maximum absolute atomic E-state index is 10.4. The van der Waals surface area contributed by atoms with Crippen molar-refractivity contribution in [2.45, 2.75) is 26.3 Å². The highest BCUT2D eigenvalue weighted by atomic mass is 32.1. The molecule has 2 aromatic carbocycles. The van der Waals surface area contributed by atoms with Crippen molar-refractivity contribution in [1.82, 2.24) is 20.4 Å². The topological polar surface area (TPSA) is 92.9 Å². The van der Waals surface area contributed by atoms with E-state index in [1.165, 1.54) is 12.7 Å². The maximum atomic E-state index is 10.4. The number of aromatic nitrogens is 2. The van der Waals surface area contributed by atoms with E-state index in [9.17, 15) is 5.11 Å². The van der Waals surface area contributed by atoms with Gasteiger partial charge in [-0.2, -0.15) is 4.98 Å². The van der Waals surface area contributed by atoms with Gasteiger partial charge in [0.2, 0.25) is 5.82 Å². The molecule has 2 heterocycles. The van der Waals surface area contributed by atoms with Gasteiger partial charge < -0.3 is 29.3 Å². The highest BCUT2D eigenvalue weighted by Crippen LogP contribution is 2.39. The smallest absolute Gasteiger partial charge is 0.258 e. The number of nitrogens with zero attached hydrogens (tertiary/aromatic N) is 3. The minimum absolute atomic E-state index is 0.0359. The van der Waals surface area contributed by atoms with Crippen molar-refractivity contribution in [1.29, 1.82) is 0 Å². The van der Waals surface area contributed by atoms with Crippen LogP contribution in [0.4, 0.5) is 0 Å². The van der Waals surface area contributed by atoms with E-state index < -0.39 is 6.04 Å². The Morgan fingerprint density at radius 3 is 2.59 bits per heavy atom. The van der Waals surface area contributed by atoms with Crippen LogP contribution in [0.3, 0.4) is 0 Å². The molecule has 1 aromatic heterocycles. The van der Waals surface area contributed by atoms with Crippen molar-refractivity contribution in [3.05, 3.63) is 65.2 Å². The number of methoxy groups -OCH3 is 2. The normalized spacial score (nSPS) is 16.1. The Morgan fingerprint density at radius 2 is 1.94 bits per heavy atom. The molecule has 0 spiro atoms. The summed E-state index contributed by atoms with van der Waals surface area (Å²) in [6.45, 7) is 5.15. The number of ether oxygens (including phenoxy) is 2. The molecule has 0 radical (unpaired) electrons. The van der Waals surface area contributed by atoms with Crippen LogP contribution in [0.2, 0.25) is 0 Å². The van der Waals surface area contributed by atoms with E-state index in [0.29, 0.717) is 35.7 Å². The molecule has 0 amide bonds. The van der Waals surface area contributed by atoms with Crippen LogP contribution in [-0.2, 0) is 11.2 Å². The van der Waals surface area contributed by atoms with E-state index >= 15 is 0 Å². The van der Waals surface area contributed by atoms with Gasteiger partial charge in [-0.3, -0.25) is 0 Å². The Balaban J connectivity index is 1.78. The lowest BCUT2D eigenvalue weighted by molar-refractivity contribution is 0.183. The summed E-state index contributed by atoms with van der Waals surface area (Å²) in [6.07, 6.45) is 0.961. The summed E-state index contributed by atoms with van der Waals surface area (Å²) in [7, 11) is 3.16. The third-order valence-electron chi connectivity index (χ3n) is 5.93. The monoisotopic (exact) mass is 480 g/mol. The van der Waals surface area contributed by atoms with E-state index in [-0.39, 0.29) is 5.75 Å². The van der Waals surface area contributed by atoms with Gasteiger partial charge in [-0.1, -0.05) is 42.4 Å². The van der Waals surface area contributed by atoms with Gasteiger partial charge in [0.1, 0.15) is 0 Å². The minimum atomic E-state index is -0.404. The molecule has 34 heavy (non-hydrogen) atoms. The highest BCUT2D eigenvalue weighted by Gasteiger charge is 2.34. The summed E-state index contributed by atoms with van der Waals surface area (Å²) < 4.78 is 16.2. The molecule has 1 atom stereocenters. The summed E-state index contributed by atoms with van der Waals surface area (Å²) in [4.78, 5) is 6.67. The third-order valence-corrected chi connectivity index (χ3v) is 6.27. The Hall–Kier alpha value is -3.43. The summed E-state index contributed by atoms with van der Waals surface area (Å²) in [5, 5.41) is 18.5. The van der Waals surface area contributed by atoms with Crippen LogP contribution in [0.15, 0.2) is 52.7 Å². The molecule has 0 saturated carbocycles. The molecular weight excluding hydrogens is 452 g/mol. The lowest BCUT2D eigenvalue weighted by atomic mass is 9.94. The predicted molar refractivity (Wildman–Crippen MR) is 133 cm³/mol. The predicted octanol–water partition coefficient (Wildman–Crippen LogP) is 4.32. The molecule has 178 valence electrons. The number of rotatable bonds is 8. The SMILES string of the molecule is CCc1ccc(-c2noc(C3=C(C)N(CCOC)C(=S)NC3c3ccc(OC)c(O)c3)n2)cc1. The lowest BCUT2D eigenvalue weighted by Gasteiger charge is -2.37. The van der Waals surface area contributed by atoms with Gasteiger partial charge in [0, 0.05) is 24.9 Å². The van der Waals surface area contributed by atoms with Crippen LogP contribution in [0.25, 0.3) is 17.0 Å². The van der Waals surface area contributed by atoms with E-state index in [2.05, 4.69) is 29.5 Å². The van der Waals surface area contributed by atoms with E-state index in [1.54, 1.807) is 19.2 Å². The quantitative estimate of drug-likeness (QED) is 0.457. The number of phenols is 1. The first kappa shape index (κ1) is 23.7. The van der Waals surface area contributed by atoms with Crippen LogP contribution < -0.4 is 10.1 Å². The number of allylic oxidation sites excluding steroid dienone is 1. The highest BCUT2D eigenvalue weighted by molar-refractivity contribution is 7.80. The van der Waals surface area contributed by atoms with Gasteiger partial charge in [-0.15, -0.1) is 0 Å². The molecule has 1 aliphatic rings. The van der Waals surface area contributed by atoms with Crippen LogP contribution in [-0.4, -0.2) is 52.6 Å². The fourth-order valence-electron chi connectivity index (χ4n) is 3.99. The Morgan fingerprint density at radius 1 is 1.18 bits per heavy atom. The minimum Gasteiger partial charge on any atom is -0.504 e. The van der Waals surface area contributed by atoms with Gasteiger partial charge in [0.15, 0.2) is 16.6 Å². The van der Waals surface area contributed by atoms with Crippen molar-refractivity contribution < 1.29 is 19.1 Å². The molecule has 0 saturated heterocycles. The number of thiocarbonyl (C=S) groups is 1. The zero-order valence-corrected chi connectivity index (χ0v) is 20.5. The van der Waals surface area contributed by atoms with Crippen LogP contribution in [0.1, 0.15) is 36.9 Å². The first-order chi connectivity index (χ1) is 16.5. The molecule has 0 aliphatic carbocycles. The summed E-state index contributed by atoms with van der Waals surface area (Å²) >= 11 is 5.66.